The Balaban J connectivity index is 1.70. The molecule has 1 atom stereocenters. The highest BCUT2D eigenvalue weighted by Crippen LogP contribution is 2.24. The average Bonchev–Trinajstić information content (AvgIpc) is 3.10. The minimum absolute atomic E-state index is 0.397. The van der Waals surface area contributed by atoms with Crippen molar-refractivity contribution in [3.63, 3.8) is 0 Å². The van der Waals surface area contributed by atoms with Crippen LogP contribution in [0.25, 0.3) is 0 Å². The van der Waals surface area contributed by atoms with E-state index in [1.807, 2.05) is 0 Å². The Labute approximate surface area is 157 Å². The smallest absolute Gasteiger partial charge is 0.0900 e. The minimum atomic E-state index is -0.431. The van der Waals surface area contributed by atoms with E-state index >= 15 is 0 Å². The van der Waals surface area contributed by atoms with E-state index in [4.69, 9.17) is 4.74 Å². The molecule has 26 heavy (non-hydrogen) atoms. The van der Waals surface area contributed by atoms with E-state index in [9.17, 15) is 5.11 Å². The molecule has 1 saturated carbocycles. The summed E-state index contributed by atoms with van der Waals surface area (Å²) >= 11 is 0. The van der Waals surface area contributed by atoms with Crippen molar-refractivity contribution in [1.29, 1.82) is 0 Å². The second-order valence-electron chi connectivity index (χ2n) is 7.44. The molecule has 0 bridgehead atoms. The number of hydrogen-bond donors (Lipinski definition) is 1. The summed E-state index contributed by atoms with van der Waals surface area (Å²) in [5, 5.41) is 10.3. The summed E-state index contributed by atoms with van der Waals surface area (Å²) < 4.78 is 7.48. The molecule has 0 saturated heterocycles. The Kier molecular flexibility index (Phi) is 7.30. The van der Waals surface area contributed by atoms with Gasteiger partial charge in [0.2, 0.25) is 0 Å². The Bertz CT molecular complexity index is 635. The van der Waals surface area contributed by atoms with Crippen LogP contribution in [0, 0.1) is 0 Å². The first-order valence-corrected chi connectivity index (χ1v) is 9.85. The predicted molar refractivity (Wildman–Crippen MR) is 105 cm³/mol. The summed E-state index contributed by atoms with van der Waals surface area (Å²) in [5.74, 6) is 0. The second-order valence-corrected chi connectivity index (χ2v) is 7.44. The van der Waals surface area contributed by atoms with Crippen LogP contribution in [0.2, 0.25) is 0 Å². The van der Waals surface area contributed by atoms with Crippen LogP contribution < -0.4 is 0 Å². The Morgan fingerprint density at radius 1 is 1.12 bits per heavy atom. The zero-order valence-electron chi connectivity index (χ0n) is 15.9. The molecule has 142 valence electrons. The van der Waals surface area contributed by atoms with Crippen LogP contribution in [0.15, 0.2) is 48.7 Å². The standard InChI is InChI=1S/C22H32N2O2/c1-26-18-22(25)17-24(20-11-6-3-7-12-20)16-21-13-8-14-23(21)15-19-9-4-2-5-10-19/h2,4-5,8-10,13-14,20,22,25H,3,6-7,11-12,15-18H2,1H3/t22-/m0/s1. The summed E-state index contributed by atoms with van der Waals surface area (Å²) in [5.41, 5.74) is 2.62. The van der Waals surface area contributed by atoms with Gasteiger partial charge in [0, 0.05) is 44.7 Å². The molecule has 0 amide bonds. The van der Waals surface area contributed by atoms with Crippen LogP contribution in [0.3, 0.4) is 0 Å². The fourth-order valence-electron chi connectivity index (χ4n) is 4.04. The van der Waals surface area contributed by atoms with Gasteiger partial charge in [0.1, 0.15) is 0 Å². The van der Waals surface area contributed by atoms with Gasteiger partial charge in [-0.1, -0.05) is 49.6 Å². The van der Waals surface area contributed by atoms with Gasteiger partial charge in [-0.2, -0.15) is 0 Å². The third kappa shape index (κ3) is 5.44. The van der Waals surface area contributed by atoms with E-state index in [2.05, 4.69) is 58.1 Å². The monoisotopic (exact) mass is 356 g/mol. The third-order valence-corrected chi connectivity index (χ3v) is 5.38. The predicted octanol–water partition coefficient (Wildman–Crippen LogP) is 3.68. The molecule has 0 radical (unpaired) electrons. The highest BCUT2D eigenvalue weighted by atomic mass is 16.5. The molecule has 1 heterocycles. The van der Waals surface area contributed by atoms with Gasteiger partial charge in [0.25, 0.3) is 0 Å². The number of rotatable bonds is 9. The van der Waals surface area contributed by atoms with E-state index < -0.39 is 6.10 Å². The quantitative estimate of drug-likeness (QED) is 0.745. The maximum absolute atomic E-state index is 10.3. The molecular weight excluding hydrogens is 324 g/mol. The van der Waals surface area contributed by atoms with E-state index in [-0.39, 0.29) is 0 Å². The van der Waals surface area contributed by atoms with E-state index in [1.54, 1.807) is 7.11 Å². The van der Waals surface area contributed by atoms with Crippen LogP contribution in [0.4, 0.5) is 0 Å². The summed E-state index contributed by atoms with van der Waals surface area (Å²) in [4.78, 5) is 2.47. The molecule has 1 aliphatic carbocycles. The van der Waals surface area contributed by atoms with Crippen LogP contribution in [-0.4, -0.2) is 47.0 Å². The van der Waals surface area contributed by atoms with Crippen molar-refractivity contribution >= 4 is 0 Å². The average molecular weight is 357 g/mol. The molecule has 1 aromatic heterocycles. The lowest BCUT2D eigenvalue weighted by atomic mass is 9.94. The molecule has 1 aliphatic rings. The first-order chi connectivity index (χ1) is 12.8. The van der Waals surface area contributed by atoms with Gasteiger partial charge in [0.05, 0.1) is 12.7 Å². The topological polar surface area (TPSA) is 37.6 Å². The number of nitrogens with zero attached hydrogens (tertiary/aromatic N) is 2. The number of hydrogen-bond acceptors (Lipinski definition) is 3. The summed E-state index contributed by atoms with van der Waals surface area (Å²) in [6.07, 6.45) is 8.14. The summed E-state index contributed by atoms with van der Waals surface area (Å²) in [7, 11) is 1.65. The van der Waals surface area contributed by atoms with Crippen LogP contribution >= 0.6 is 0 Å². The van der Waals surface area contributed by atoms with E-state index in [1.165, 1.54) is 43.4 Å². The normalized spacial score (nSPS) is 16.9. The molecule has 0 aliphatic heterocycles. The number of aromatic nitrogens is 1. The van der Waals surface area contributed by atoms with Crippen molar-refractivity contribution in [2.24, 2.45) is 0 Å². The number of aliphatic hydroxyl groups is 1. The Morgan fingerprint density at radius 3 is 2.62 bits per heavy atom. The molecule has 0 unspecified atom stereocenters. The van der Waals surface area contributed by atoms with Crippen molar-refractivity contribution in [3.05, 3.63) is 59.9 Å². The lowest BCUT2D eigenvalue weighted by Gasteiger charge is -2.35. The molecule has 2 aromatic rings. The Morgan fingerprint density at radius 2 is 1.88 bits per heavy atom. The molecule has 1 N–H and O–H groups in total. The highest BCUT2D eigenvalue weighted by Gasteiger charge is 2.24. The van der Waals surface area contributed by atoms with Crippen molar-refractivity contribution < 1.29 is 9.84 Å². The van der Waals surface area contributed by atoms with Gasteiger partial charge in [-0.15, -0.1) is 0 Å². The fourth-order valence-corrected chi connectivity index (χ4v) is 4.04. The fraction of sp³-hybridized carbons (Fsp3) is 0.545. The summed E-state index contributed by atoms with van der Waals surface area (Å²) in [6, 6.07) is 15.5. The lowest BCUT2D eigenvalue weighted by molar-refractivity contribution is 0.0174. The van der Waals surface area contributed by atoms with Gasteiger partial charge in [-0.05, 0) is 30.5 Å². The number of aliphatic hydroxyl groups excluding tert-OH is 1. The van der Waals surface area contributed by atoms with Crippen LogP contribution in [-0.2, 0) is 17.8 Å². The zero-order valence-corrected chi connectivity index (χ0v) is 15.9. The first kappa shape index (κ1) is 19.2. The molecule has 1 fully saturated rings. The van der Waals surface area contributed by atoms with Gasteiger partial charge in [-0.25, -0.2) is 0 Å². The molecule has 4 heteroatoms. The van der Waals surface area contributed by atoms with E-state index in [0.717, 1.165) is 13.1 Å². The van der Waals surface area contributed by atoms with Gasteiger partial charge < -0.3 is 14.4 Å². The summed E-state index contributed by atoms with van der Waals surface area (Å²) in [6.45, 7) is 2.84. The largest absolute Gasteiger partial charge is 0.389 e. The number of methoxy groups -OCH3 is 1. The SMILES string of the molecule is COC[C@@H](O)CN(Cc1cccn1Cc1ccccc1)C1CCCCC1. The van der Waals surface area contributed by atoms with Gasteiger partial charge in [0.15, 0.2) is 0 Å². The molecule has 0 spiro atoms. The van der Waals surface area contributed by atoms with Gasteiger partial charge >= 0.3 is 0 Å². The first-order valence-electron chi connectivity index (χ1n) is 9.85. The van der Waals surface area contributed by atoms with Gasteiger partial charge in [-0.3, -0.25) is 4.90 Å². The van der Waals surface area contributed by atoms with E-state index in [0.29, 0.717) is 19.2 Å². The van der Waals surface area contributed by atoms with Crippen molar-refractivity contribution in [3.8, 4) is 0 Å². The third-order valence-electron chi connectivity index (χ3n) is 5.38. The maximum atomic E-state index is 10.3. The van der Waals surface area contributed by atoms with Crippen LogP contribution in [0.5, 0.6) is 0 Å². The molecule has 3 rings (SSSR count). The van der Waals surface area contributed by atoms with Crippen molar-refractivity contribution in [2.75, 3.05) is 20.3 Å². The van der Waals surface area contributed by atoms with Crippen molar-refractivity contribution in [1.82, 2.24) is 9.47 Å². The molecule has 4 nitrogen and oxygen atoms in total. The number of benzene rings is 1. The molecular formula is C22H32N2O2. The van der Waals surface area contributed by atoms with Crippen LogP contribution in [0.1, 0.15) is 43.4 Å². The Hall–Kier alpha value is -1.62. The zero-order chi connectivity index (χ0) is 18.2. The molecule has 1 aromatic carbocycles. The number of ether oxygens (including phenoxy) is 1. The second kappa shape index (κ2) is 9.91. The minimum Gasteiger partial charge on any atom is -0.389 e. The van der Waals surface area contributed by atoms with Crippen molar-refractivity contribution in [2.45, 2.75) is 57.3 Å². The lowest BCUT2D eigenvalue weighted by Crippen LogP contribution is -2.42. The highest BCUT2D eigenvalue weighted by molar-refractivity contribution is 5.17. The maximum Gasteiger partial charge on any atom is 0.0900 e.